The monoisotopic (exact) mass is 401 g/mol. The smallest absolute Gasteiger partial charge is 0.229 e. The van der Waals surface area contributed by atoms with Gasteiger partial charge in [0, 0.05) is 30.2 Å². The van der Waals surface area contributed by atoms with Gasteiger partial charge in [0.2, 0.25) is 5.91 Å². The molecule has 150 valence electrons. The van der Waals surface area contributed by atoms with Crippen molar-refractivity contribution in [1.29, 1.82) is 0 Å². The number of hydrogen-bond donors (Lipinski definition) is 1. The Bertz CT molecular complexity index is 1150. The molecule has 1 amide bonds. The fourth-order valence-corrected chi connectivity index (χ4v) is 3.14. The molecule has 0 bridgehead atoms. The van der Waals surface area contributed by atoms with Crippen molar-refractivity contribution in [2.24, 2.45) is 0 Å². The second-order valence-electron chi connectivity index (χ2n) is 6.94. The van der Waals surface area contributed by atoms with E-state index < -0.39 is 0 Å². The second kappa shape index (κ2) is 8.65. The highest BCUT2D eigenvalue weighted by atomic mass is 19.1. The van der Waals surface area contributed by atoms with Crippen molar-refractivity contribution in [1.82, 2.24) is 19.7 Å². The van der Waals surface area contributed by atoms with Crippen LogP contribution in [0.1, 0.15) is 16.8 Å². The first-order valence-electron chi connectivity index (χ1n) is 9.51. The van der Waals surface area contributed by atoms with E-state index >= 15 is 0 Å². The molecular weight excluding hydrogens is 381 g/mol. The van der Waals surface area contributed by atoms with E-state index in [2.05, 4.69) is 20.4 Å². The molecule has 0 aliphatic carbocycles. The molecule has 4 aromatic rings. The molecule has 0 aliphatic rings. The van der Waals surface area contributed by atoms with E-state index in [0.29, 0.717) is 12.4 Å². The lowest BCUT2D eigenvalue weighted by Gasteiger charge is -2.06. The lowest BCUT2D eigenvalue weighted by atomic mass is 10.1. The van der Waals surface area contributed by atoms with E-state index in [1.165, 1.54) is 12.1 Å². The van der Waals surface area contributed by atoms with Crippen molar-refractivity contribution in [3.63, 3.8) is 0 Å². The third-order valence-electron chi connectivity index (χ3n) is 4.64. The minimum absolute atomic E-state index is 0.148. The van der Waals surface area contributed by atoms with E-state index in [0.717, 1.165) is 28.1 Å². The molecule has 30 heavy (non-hydrogen) atoms. The first-order valence-corrected chi connectivity index (χ1v) is 9.51. The summed E-state index contributed by atoms with van der Waals surface area (Å²) in [6.07, 6.45) is 5.35. The molecule has 0 fully saturated rings. The van der Waals surface area contributed by atoms with Crippen LogP contribution in [-0.2, 0) is 17.8 Å². The van der Waals surface area contributed by atoms with Gasteiger partial charge in [-0.15, -0.1) is 0 Å². The Kier molecular flexibility index (Phi) is 5.61. The lowest BCUT2D eigenvalue weighted by Crippen LogP contribution is -2.15. The SMILES string of the molecule is Cc1nccnc1-c1ccc(CC(=O)Nc2ccn(Cc3ccc(F)cc3)n2)cc1. The van der Waals surface area contributed by atoms with Crippen LogP contribution in [0.5, 0.6) is 0 Å². The van der Waals surface area contributed by atoms with Gasteiger partial charge in [-0.25, -0.2) is 4.39 Å². The number of carbonyl (C=O) groups excluding carboxylic acids is 1. The quantitative estimate of drug-likeness (QED) is 0.530. The number of nitrogens with zero attached hydrogens (tertiary/aromatic N) is 4. The van der Waals surface area contributed by atoms with Crippen LogP contribution in [0.2, 0.25) is 0 Å². The number of aryl methyl sites for hydroxylation is 1. The highest BCUT2D eigenvalue weighted by Gasteiger charge is 2.09. The third kappa shape index (κ3) is 4.75. The Morgan fingerprint density at radius 3 is 2.40 bits per heavy atom. The van der Waals surface area contributed by atoms with Gasteiger partial charge in [-0.05, 0) is 30.2 Å². The molecule has 2 aromatic heterocycles. The number of amides is 1. The van der Waals surface area contributed by atoms with Crippen molar-refractivity contribution in [3.8, 4) is 11.3 Å². The Morgan fingerprint density at radius 2 is 1.67 bits per heavy atom. The number of hydrogen-bond acceptors (Lipinski definition) is 4. The molecule has 0 unspecified atom stereocenters. The number of nitrogens with one attached hydrogen (secondary N) is 1. The van der Waals surface area contributed by atoms with Gasteiger partial charge in [-0.3, -0.25) is 19.4 Å². The van der Waals surface area contributed by atoms with Gasteiger partial charge in [0.05, 0.1) is 24.4 Å². The summed E-state index contributed by atoms with van der Waals surface area (Å²) in [5.41, 5.74) is 4.48. The zero-order valence-corrected chi connectivity index (χ0v) is 16.4. The van der Waals surface area contributed by atoms with E-state index in [1.54, 1.807) is 41.5 Å². The fraction of sp³-hybridized carbons (Fsp3) is 0.130. The number of benzene rings is 2. The summed E-state index contributed by atoms with van der Waals surface area (Å²) in [5, 5.41) is 7.16. The predicted molar refractivity (Wildman–Crippen MR) is 112 cm³/mol. The normalized spacial score (nSPS) is 10.7. The zero-order chi connectivity index (χ0) is 20.9. The Labute approximate surface area is 173 Å². The molecule has 7 heteroatoms. The summed E-state index contributed by atoms with van der Waals surface area (Å²) in [7, 11) is 0. The molecular formula is C23H20FN5O. The summed E-state index contributed by atoms with van der Waals surface area (Å²) >= 11 is 0. The van der Waals surface area contributed by atoms with Crippen molar-refractivity contribution < 1.29 is 9.18 Å². The van der Waals surface area contributed by atoms with Gasteiger partial charge in [0.25, 0.3) is 0 Å². The summed E-state index contributed by atoms with van der Waals surface area (Å²) in [6, 6.07) is 15.7. The Morgan fingerprint density at radius 1 is 0.967 bits per heavy atom. The first-order chi connectivity index (χ1) is 14.6. The molecule has 0 aliphatic heterocycles. The van der Waals surface area contributed by atoms with Crippen molar-refractivity contribution >= 4 is 11.7 Å². The van der Waals surface area contributed by atoms with Crippen molar-refractivity contribution in [2.75, 3.05) is 5.32 Å². The first kappa shape index (κ1) is 19.4. The van der Waals surface area contributed by atoms with Crippen LogP contribution in [0.3, 0.4) is 0 Å². The number of aromatic nitrogens is 4. The largest absolute Gasteiger partial charge is 0.309 e. The average molecular weight is 401 g/mol. The van der Waals surface area contributed by atoms with Crippen LogP contribution < -0.4 is 5.32 Å². The molecule has 2 aromatic carbocycles. The molecule has 0 atom stereocenters. The van der Waals surface area contributed by atoms with Gasteiger partial charge < -0.3 is 5.32 Å². The van der Waals surface area contributed by atoms with E-state index in [4.69, 9.17) is 0 Å². The van der Waals surface area contributed by atoms with Crippen LogP contribution >= 0.6 is 0 Å². The minimum atomic E-state index is -0.271. The summed E-state index contributed by atoms with van der Waals surface area (Å²) in [4.78, 5) is 21.0. The van der Waals surface area contributed by atoms with Gasteiger partial charge >= 0.3 is 0 Å². The zero-order valence-electron chi connectivity index (χ0n) is 16.4. The molecule has 0 spiro atoms. The van der Waals surface area contributed by atoms with Crippen LogP contribution in [0.25, 0.3) is 11.3 Å². The molecule has 4 rings (SSSR count). The van der Waals surface area contributed by atoms with Crippen LogP contribution in [0.15, 0.2) is 73.2 Å². The van der Waals surface area contributed by atoms with E-state index in [-0.39, 0.29) is 18.1 Å². The number of halogens is 1. The second-order valence-corrected chi connectivity index (χ2v) is 6.94. The Balaban J connectivity index is 1.35. The molecule has 0 radical (unpaired) electrons. The summed E-state index contributed by atoms with van der Waals surface area (Å²) in [5.74, 6) is 0.0615. The maximum absolute atomic E-state index is 13.0. The van der Waals surface area contributed by atoms with Gasteiger partial charge in [0.15, 0.2) is 5.82 Å². The predicted octanol–water partition coefficient (Wildman–Crippen LogP) is 4.02. The summed E-state index contributed by atoms with van der Waals surface area (Å²) < 4.78 is 14.7. The molecule has 0 saturated carbocycles. The van der Waals surface area contributed by atoms with E-state index in [9.17, 15) is 9.18 Å². The molecule has 0 saturated heterocycles. The molecule has 1 N–H and O–H groups in total. The topological polar surface area (TPSA) is 72.7 Å². The minimum Gasteiger partial charge on any atom is -0.309 e. The lowest BCUT2D eigenvalue weighted by molar-refractivity contribution is -0.115. The van der Waals surface area contributed by atoms with Gasteiger partial charge in [-0.2, -0.15) is 5.10 Å². The standard InChI is InChI=1S/C23H20FN5O/c1-16-23(26-12-11-25-16)19-6-2-17(3-7-19)14-22(30)27-21-10-13-29(28-21)15-18-4-8-20(24)9-5-18/h2-13H,14-15H2,1H3,(H,27,28,30). The van der Waals surface area contributed by atoms with Crippen LogP contribution in [-0.4, -0.2) is 25.7 Å². The van der Waals surface area contributed by atoms with Crippen molar-refractivity contribution in [2.45, 2.75) is 19.9 Å². The summed E-state index contributed by atoms with van der Waals surface area (Å²) in [6.45, 7) is 2.41. The third-order valence-corrected chi connectivity index (χ3v) is 4.64. The van der Waals surface area contributed by atoms with Gasteiger partial charge in [0.1, 0.15) is 5.82 Å². The molecule has 6 nitrogen and oxygen atoms in total. The molecule has 2 heterocycles. The highest BCUT2D eigenvalue weighted by molar-refractivity contribution is 5.91. The van der Waals surface area contributed by atoms with E-state index in [1.807, 2.05) is 31.2 Å². The number of anilines is 1. The van der Waals surface area contributed by atoms with Crippen LogP contribution in [0, 0.1) is 12.7 Å². The highest BCUT2D eigenvalue weighted by Crippen LogP contribution is 2.20. The van der Waals surface area contributed by atoms with Gasteiger partial charge in [-0.1, -0.05) is 36.4 Å². The van der Waals surface area contributed by atoms with Crippen molar-refractivity contribution in [3.05, 3.63) is 95.8 Å². The fourth-order valence-electron chi connectivity index (χ4n) is 3.14. The maximum atomic E-state index is 13.0. The maximum Gasteiger partial charge on any atom is 0.229 e. The Hall–Kier alpha value is -3.87. The average Bonchev–Trinajstić information content (AvgIpc) is 3.17. The number of carbonyl (C=O) groups is 1. The number of rotatable bonds is 6. The van der Waals surface area contributed by atoms with Crippen LogP contribution in [0.4, 0.5) is 10.2 Å².